The van der Waals surface area contributed by atoms with Gasteiger partial charge in [-0.2, -0.15) is 0 Å². The Bertz CT molecular complexity index is 1300. The van der Waals surface area contributed by atoms with Crippen molar-refractivity contribution in [3.8, 4) is 0 Å². The third kappa shape index (κ3) is 9.67. The Morgan fingerprint density at radius 3 is 1.86 bits per heavy atom. The van der Waals surface area contributed by atoms with Crippen LogP contribution in [0.15, 0.2) is 18.2 Å². The second kappa shape index (κ2) is 15.3. The van der Waals surface area contributed by atoms with Gasteiger partial charge in [-0.05, 0) is 100 Å². The molecule has 0 spiro atoms. The molecule has 1 amide bonds. The van der Waals surface area contributed by atoms with E-state index in [9.17, 15) is 30.4 Å². The van der Waals surface area contributed by atoms with Crippen LogP contribution in [0.3, 0.4) is 0 Å². The zero-order valence-electron chi connectivity index (χ0n) is 26.5. The van der Waals surface area contributed by atoms with Crippen molar-refractivity contribution >= 4 is 26.0 Å². The van der Waals surface area contributed by atoms with Crippen LogP contribution in [0.4, 0.5) is 8.78 Å². The van der Waals surface area contributed by atoms with E-state index < -0.39 is 31.7 Å². The van der Waals surface area contributed by atoms with E-state index in [2.05, 4.69) is 4.90 Å². The summed E-state index contributed by atoms with van der Waals surface area (Å²) in [5, 5.41) is 0. The SMILES string of the molecule is CCN(C(=O)CCC1CCN(S(C)(=O)=O)CC1)C1CCN(CC[C@@H](c2cc(F)cc(F)c2)C2CCN(S(C)(=O)=O)CC2)CC1. The Hall–Kier alpha value is -1.67. The van der Waals surface area contributed by atoms with E-state index in [-0.39, 0.29) is 23.8 Å². The Morgan fingerprint density at radius 1 is 0.841 bits per heavy atom. The molecule has 250 valence electrons. The number of rotatable bonds is 12. The van der Waals surface area contributed by atoms with Gasteiger partial charge in [-0.25, -0.2) is 34.2 Å². The number of amides is 1. The largest absolute Gasteiger partial charge is 0.340 e. The zero-order chi connectivity index (χ0) is 32.1. The smallest absolute Gasteiger partial charge is 0.222 e. The predicted molar refractivity (Wildman–Crippen MR) is 168 cm³/mol. The molecule has 3 aliphatic rings. The van der Waals surface area contributed by atoms with Gasteiger partial charge in [-0.15, -0.1) is 0 Å². The third-order valence-corrected chi connectivity index (χ3v) is 12.7. The fraction of sp³-hybridized carbons (Fsp3) is 0.774. The van der Waals surface area contributed by atoms with E-state index >= 15 is 0 Å². The van der Waals surface area contributed by atoms with Crippen LogP contribution in [-0.4, -0.2) is 112 Å². The van der Waals surface area contributed by atoms with Crippen molar-refractivity contribution in [3.63, 3.8) is 0 Å². The molecule has 44 heavy (non-hydrogen) atoms. The summed E-state index contributed by atoms with van der Waals surface area (Å²) in [4.78, 5) is 17.6. The highest BCUT2D eigenvalue weighted by Gasteiger charge is 2.33. The Morgan fingerprint density at radius 2 is 1.36 bits per heavy atom. The first-order valence-corrected chi connectivity index (χ1v) is 19.8. The van der Waals surface area contributed by atoms with Gasteiger partial charge in [0, 0.05) is 64.3 Å². The standard InChI is InChI=1S/C31H50F2N4O5S2/c1-4-37(31(38)6-5-24-7-17-35(18-8-24)43(2,39)40)29-11-14-34(15-12-29)16-13-30(26-21-27(32)23-28(33)22-26)25-9-19-36(20-10-25)44(3,41)42/h21-25,29-30H,4-20H2,1-3H3/t30-/m1/s1. The summed E-state index contributed by atoms with van der Waals surface area (Å²) in [5.74, 6) is -0.580. The number of sulfonamides is 2. The summed E-state index contributed by atoms with van der Waals surface area (Å²) in [6.45, 7) is 7.04. The molecule has 0 aromatic heterocycles. The highest BCUT2D eigenvalue weighted by atomic mass is 32.2. The monoisotopic (exact) mass is 660 g/mol. The van der Waals surface area contributed by atoms with Gasteiger partial charge in [0.2, 0.25) is 26.0 Å². The highest BCUT2D eigenvalue weighted by Crippen LogP contribution is 2.37. The maximum absolute atomic E-state index is 14.2. The fourth-order valence-corrected chi connectivity index (χ4v) is 9.24. The minimum atomic E-state index is -3.26. The van der Waals surface area contributed by atoms with Crippen LogP contribution < -0.4 is 0 Å². The van der Waals surface area contributed by atoms with Gasteiger partial charge < -0.3 is 9.80 Å². The maximum atomic E-state index is 14.2. The van der Waals surface area contributed by atoms with Crippen LogP contribution in [0, 0.1) is 23.5 Å². The van der Waals surface area contributed by atoms with E-state index in [0.717, 1.165) is 64.2 Å². The molecule has 0 saturated carbocycles. The van der Waals surface area contributed by atoms with Gasteiger partial charge in [0.25, 0.3) is 0 Å². The lowest BCUT2D eigenvalue weighted by atomic mass is 9.78. The lowest BCUT2D eigenvalue weighted by Gasteiger charge is -2.40. The quantitative estimate of drug-likeness (QED) is 0.338. The summed E-state index contributed by atoms with van der Waals surface area (Å²) in [5.41, 5.74) is 0.639. The van der Waals surface area contributed by atoms with Crippen molar-refractivity contribution in [2.75, 3.05) is 64.9 Å². The van der Waals surface area contributed by atoms with Crippen molar-refractivity contribution in [3.05, 3.63) is 35.4 Å². The van der Waals surface area contributed by atoms with Crippen molar-refractivity contribution in [2.45, 2.75) is 76.7 Å². The van der Waals surface area contributed by atoms with Gasteiger partial charge in [0.1, 0.15) is 11.6 Å². The first-order chi connectivity index (χ1) is 20.7. The molecular weight excluding hydrogens is 610 g/mol. The minimum absolute atomic E-state index is 0.0716. The van der Waals surface area contributed by atoms with E-state index in [1.54, 1.807) is 0 Å². The minimum Gasteiger partial charge on any atom is -0.340 e. The molecule has 0 radical (unpaired) electrons. The number of likely N-dealkylation sites (tertiary alicyclic amines) is 1. The first kappa shape index (κ1) is 35.2. The van der Waals surface area contributed by atoms with E-state index in [1.807, 2.05) is 11.8 Å². The second-order valence-corrected chi connectivity index (χ2v) is 17.0. The van der Waals surface area contributed by atoms with Crippen molar-refractivity contribution in [1.82, 2.24) is 18.4 Å². The maximum Gasteiger partial charge on any atom is 0.222 e. The highest BCUT2D eigenvalue weighted by molar-refractivity contribution is 7.88. The number of carbonyl (C=O) groups is 1. The van der Waals surface area contributed by atoms with Crippen molar-refractivity contribution in [2.24, 2.45) is 11.8 Å². The molecule has 9 nitrogen and oxygen atoms in total. The van der Waals surface area contributed by atoms with E-state index in [1.165, 1.54) is 33.3 Å². The summed E-state index contributed by atoms with van der Waals surface area (Å²) in [6, 6.07) is 3.91. The van der Waals surface area contributed by atoms with Gasteiger partial charge in [0.05, 0.1) is 12.5 Å². The molecule has 3 heterocycles. The van der Waals surface area contributed by atoms with Crippen LogP contribution in [0.25, 0.3) is 0 Å². The number of nitrogens with zero attached hydrogens (tertiary/aromatic N) is 4. The normalized spacial score (nSPS) is 21.8. The summed E-state index contributed by atoms with van der Waals surface area (Å²) in [7, 11) is -6.42. The number of carbonyl (C=O) groups excluding carboxylic acids is 1. The van der Waals surface area contributed by atoms with E-state index in [0.29, 0.717) is 63.5 Å². The Balaban J connectivity index is 1.27. The fourth-order valence-electron chi connectivity index (χ4n) is 7.49. The molecule has 1 aromatic rings. The molecule has 0 aliphatic carbocycles. The summed E-state index contributed by atoms with van der Waals surface area (Å²) >= 11 is 0. The second-order valence-electron chi connectivity index (χ2n) is 13.0. The average molecular weight is 661 g/mol. The molecule has 3 aliphatic heterocycles. The third-order valence-electron chi connectivity index (χ3n) is 10.1. The van der Waals surface area contributed by atoms with Gasteiger partial charge in [-0.1, -0.05) is 0 Å². The average Bonchev–Trinajstić information content (AvgIpc) is 2.96. The summed E-state index contributed by atoms with van der Waals surface area (Å²) in [6.07, 6.45) is 9.12. The topological polar surface area (TPSA) is 98.3 Å². The first-order valence-electron chi connectivity index (χ1n) is 16.1. The molecule has 0 unspecified atom stereocenters. The van der Waals surface area contributed by atoms with Crippen LogP contribution >= 0.6 is 0 Å². The van der Waals surface area contributed by atoms with Crippen molar-refractivity contribution < 1.29 is 30.4 Å². The molecule has 0 N–H and O–H groups in total. The molecule has 1 aromatic carbocycles. The molecule has 3 fully saturated rings. The molecule has 1 atom stereocenters. The number of halogens is 2. The molecule has 0 bridgehead atoms. The van der Waals surface area contributed by atoms with Crippen LogP contribution in [-0.2, 0) is 24.8 Å². The van der Waals surface area contributed by atoms with Gasteiger partial charge >= 0.3 is 0 Å². The lowest BCUT2D eigenvalue weighted by Crippen LogP contribution is -2.47. The zero-order valence-corrected chi connectivity index (χ0v) is 28.1. The predicted octanol–water partition coefficient (Wildman–Crippen LogP) is 3.87. The number of benzene rings is 1. The summed E-state index contributed by atoms with van der Waals surface area (Å²) < 4.78 is 79.0. The van der Waals surface area contributed by atoms with Gasteiger partial charge in [0.15, 0.2) is 0 Å². The Kier molecular flexibility index (Phi) is 12.2. The molecule has 3 saturated heterocycles. The van der Waals surface area contributed by atoms with Crippen LogP contribution in [0.1, 0.15) is 76.2 Å². The number of hydrogen-bond donors (Lipinski definition) is 0. The van der Waals surface area contributed by atoms with Gasteiger partial charge in [-0.3, -0.25) is 4.79 Å². The number of hydrogen-bond acceptors (Lipinski definition) is 6. The molecule has 13 heteroatoms. The molecular formula is C31H50F2N4O5S2. The lowest BCUT2D eigenvalue weighted by molar-refractivity contribution is -0.134. The van der Waals surface area contributed by atoms with Crippen LogP contribution in [0.2, 0.25) is 0 Å². The van der Waals surface area contributed by atoms with E-state index in [4.69, 9.17) is 0 Å². The van der Waals surface area contributed by atoms with Crippen molar-refractivity contribution in [1.29, 1.82) is 0 Å². The number of piperidine rings is 3. The Labute approximate surface area is 263 Å². The van der Waals surface area contributed by atoms with Crippen LogP contribution in [0.5, 0.6) is 0 Å². The molecule has 4 rings (SSSR count).